The number of anilines is 1. The van der Waals surface area contributed by atoms with Crippen molar-refractivity contribution in [3.8, 4) is 23.0 Å². The Morgan fingerprint density at radius 1 is 0.815 bits per heavy atom. The number of rotatable bonds is 3. The second kappa shape index (κ2) is 6.17. The van der Waals surface area contributed by atoms with Crippen LogP contribution >= 0.6 is 0 Å². The number of methoxy groups -OCH3 is 1. The zero-order valence-corrected chi connectivity index (χ0v) is 14.4. The molecule has 0 bridgehead atoms. The summed E-state index contributed by atoms with van der Waals surface area (Å²) in [6.07, 6.45) is 0. The van der Waals surface area contributed by atoms with Crippen LogP contribution in [-0.4, -0.2) is 23.8 Å². The van der Waals surface area contributed by atoms with Crippen LogP contribution in [0.25, 0.3) is 0 Å². The molecule has 4 rings (SSSR count). The standard InChI is InChI=1S/C21H15NO5/c1-26-21-16(10-9-14(23)18(21)22)27-15-8-4-7-13-17(15)20(25)12-6-3-2-5-11(12)19(13)24/h2-10,23H,22H2,1H3. The molecule has 0 amide bonds. The molecule has 0 saturated heterocycles. The predicted octanol–water partition coefficient (Wildman–Crippen LogP) is 3.55. The molecule has 0 spiro atoms. The summed E-state index contributed by atoms with van der Waals surface area (Å²) in [6, 6.07) is 14.4. The van der Waals surface area contributed by atoms with E-state index in [2.05, 4.69) is 0 Å². The van der Waals surface area contributed by atoms with Crippen molar-refractivity contribution in [3.63, 3.8) is 0 Å². The van der Waals surface area contributed by atoms with Gasteiger partial charge in [-0.25, -0.2) is 0 Å². The van der Waals surface area contributed by atoms with Crippen LogP contribution in [0.1, 0.15) is 31.8 Å². The molecule has 0 aliphatic heterocycles. The first kappa shape index (κ1) is 16.7. The van der Waals surface area contributed by atoms with Crippen molar-refractivity contribution in [3.05, 3.63) is 76.9 Å². The number of carbonyl (C=O) groups is 2. The molecule has 1 aliphatic rings. The summed E-state index contributed by atoms with van der Waals surface area (Å²) in [6.45, 7) is 0. The molecule has 0 heterocycles. The molecule has 0 atom stereocenters. The molecule has 0 aromatic heterocycles. The van der Waals surface area contributed by atoms with Crippen LogP contribution in [0.2, 0.25) is 0 Å². The number of nitrogens with two attached hydrogens (primary N) is 1. The third-order valence-electron chi connectivity index (χ3n) is 4.48. The SMILES string of the molecule is COc1c(Oc2cccc3c2C(=O)c2ccccc2C3=O)ccc(O)c1N. The lowest BCUT2D eigenvalue weighted by molar-refractivity contribution is 0.0977. The first-order valence-electron chi connectivity index (χ1n) is 8.17. The summed E-state index contributed by atoms with van der Waals surface area (Å²) < 4.78 is 11.1. The molecule has 6 nitrogen and oxygen atoms in total. The Labute approximate surface area is 154 Å². The van der Waals surface area contributed by atoms with Gasteiger partial charge in [0, 0.05) is 16.7 Å². The van der Waals surface area contributed by atoms with E-state index in [0.717, 1.165) is 0 Å². The number of phenols is 1. The van der Waals surface area contributed by atoms with Gasteiger partial charge in [-0.1, -0.05) is 36.4 Å². The quantitative estimate of drug-likeness (QED) is 0.428. The molecule has 6 heteroatoms. The summed E-state index contributed by atoms with van der Waals surface area (Å²) >= 11 is 0. The van der Waals surface area contributed by atoms with E-state index in [4.69, 9.17) is 15.2 Å². The van der Waals surface area contributed by atoms with Gasteiger partial charge in [0.25, 0.3) is 0 Å². The van der Waals surface area contributed by atoms with Crippen molar-refractivity contribution in [1.29, 1.82) is 0 Å². The van der Waals surface area contributed by atoms with E-state index >= 15 is 0 Å². The van der Waals surface area contributed by atoms with Crippen LogP contribution in [0.3, 0.4) is 0 Å². The van der Waals surface area contributed by atoms with E-state index in [1.54, 1.807) is 42.5 Å². The number of phenolic OH excluding ortho intramolecular Hbond substituents is 1. The second-order valence-corrected chi connectivity index (χ2v) is 6.01. The molecule has 3 aromatic carbocycles. The average molecular weight is 361 g/mol. The fourth-order valence-electron chi connectivity index (χ4n) is 3.18. The van der Waals surface area contributed by atoms with Crippen molar-refractivity contribution in [2.24, 2.45) is 0 Å². The van der Waals surface area contributed by atoms with Crippen molar-refractivity contribution in [2.45, 2.75) is 0 Å². The summed E-state index contributed by atoms with van der Waals surface area (Å²) in [5, 5.41) is 9.74. The molecule has 134 valence electrons. The lowest BCUT2D eigenvalue weighted by Crippen LogP contribution is -2.21. The van der Waals surface area contributed by atoms with Gasteiger partial charge in [-0.3, -0.25) is 9.59 Å². The minimum atomic E-state index is -0.290. The number of benzene rings is 3. The molecule has 0 fully saturated rings. The maximum absolute atomic E-state index is 13.0. The van der Waals surface area contributed by atoms with E-state index in [9.17, 15) is 14.7 Å². The largest absolute Gasteiger partial charge is 0.506 e. The number of nitrogen functional groups attached to an aromatic ring is 1. The fraction of sp³-hybridized carbons (Fsp3) is 0.0476. The normalized spacial score (nSPS) is 12.3. The Balaban J connectivity index is 1.86. The molecule has 0 radical (unpaired) electrons. The van der Waals surface area contributed by atoms with Gasteiger partial charge in [-0.05, 0) is 18.2 Å². The van der Waals surface area contributed by atoms with Crippen molar-refractivity contribution >= 4 is 17.3 Å². The Hall–Kier alpha value is -3.80. The third kappa shape index (κ3) is 2.50. The van der Waals surface area contributed by atoms with E-state index in [1.807, 2.05) is 0 Å². The van der Waals surface area contributed by atoms with E-state index < -0.39 is 0 Å². The number of fused-ring (bicyclic) bond motifs is 2. The fourth-order valence-corrected chi connectivity index (χ4v) is 3.18. The van der Waals surface area contributed by atoms with Crippen LogP contribution in [-0.2, 0) is 0 Å². The van der Waals surface area contributed by atoms with Crippen LogP contribution < -0.4 is 15.2 Å². The van der Waals surface area contributed by atoms with Gasteiger partial charge in [0.05, 0.1) is 12.7 Å². The Morgan fingerprint density at radius 3 is 2.19 bits per heavy atom. The lowest BCUT2D eigenvalue weighted by atomic mass is 9.83. The molecule has 0 saturated carbocycles. The average Bonchev–Trinajstić information content (AvgIpc) is 2.69. The number of ether oxygens (including phenoxy) is 2. The monoisotopic (exact) mass is 361 g/mol. The number of aromatic hydroxyl groups is 1. The first-order chi connectivity index (χ1) is 13.0. The molecule has 3 N–H and O–H groups in total. The smallest absolute Gasteiger partial charge is 0.198 e. The molecule has 3 aromatic rings. The zero-order chi connectivity index (χ0) is 19.1. The molecule has 0 unspecified atom stereocenters. The highest BCUT2D eigenvalue weighted by atomic mass is 16.5. The predicted molar refractivity (Wildman–Crippen MR) is 98.9 cm³/mol. The summed E-state index contributed by atoms with van der Waals surface area (Å²) in [7, 11) is 1.39. The van der Waals surface area contributed by atoms with Gasteiger partial charge >= 0.3 is 0 Å². The van der Waals surface area contributed by atoms with Crippen LogP contribution in [0.15, 0.2) is 54.6 Å². The van der Waals surface area contributed by atoms with Gasteiger partial charge < -0.3 is 20.3 Å². The van der Waals surface area contributed by atoms with Gasteiger partial charge in [-0.15, -0.1) is 0 Å². The highest BCUT2D eigenvalue weighted by Crippen LogP contribution is 2.43. The third-order valence-corrected chi connectivity index (χ3v) is 4.48. The first-order valence-corrected chi connectivity index (χ1v) is 8.17. The van der Waals surface area contributed by atoms with E-state index in [0.29, 0.717) is 11.1 Å². The minimum Gasteiger partial charge on any atom is -0.506 e. The number of hydrogen-bond acceptors (Lipinski definition) is 6. The van der Waals surface area contributed by atoms with Gasteiger partial charge in [0.2, 0.25) is 0 Å². The summed E-state index contributed by atoms with van der Waals surface area (Å²) in [4.78, 5) is 25.8. The Kier molecular flexibility index (Phi) is 3.81. The summed E-state index contributed by atoms with van der Waals surface area (Å²) in [5.74, 6) is -0.0922. The van der Waals surface area contributed by atoms with Gasteiger partial charge in [0.1, 0.15) is 17.2 Å². The number of carbonyl (C=O) groups excluding carboxylic acids is 2. The van der Waals surface area contributed by atoms with Crippen LogP contribution in [0.5, 0.6) is 23.0 Å². The molecular weight excluding hydrogens is 346 g/mol. The molecular formula is C21H15NO5. The maximum atomic E-state index is 13.0. The lowest BCUT2D eigenvalue weighted by Gasteiger charge is -2.21. The van der Waals surface area contributed by atoms with Gasteiger partial charge in [-0.2, -0.15) is 0 Å². The maximum Gasteiger partial charge on any atom is 0.198 e. The highest BCUT2D eigenvalue weighted by Gasteiger charge is 2.32. The number of ketones is 2. The minimum absolute atomic E-state index is 0.0209. The van der Waals surface area contributed by atoms with Crippen molar-refractivity contribution in [2.75, 3.05) is 12.8 Å². The number of hydrogen-bond donors (Lipinski definition) is 2. The highest BCUT2D eigenvalue weighted by molar-refractivity contribution is 6.29. The van der Waals surface area contributed by atoms with E-state index in [-0.39, 0.29) is 51.4 Å². The molecule has 1 aliphatic carbocycles. The Bertz CT molecular complexity index is 1100. The van der Waals surface area contributed by atoms with Crippen LogP contribution in [0.4, 0.5) is 5.69 Å². The van der Waals surface area contributed by atoms with Crippen molar-refractivity contribution in [1.82, 2.24) is 0 Å². The second-order valence-electron chi connectivity index (χ2n) is 6.01. The Morgan fingerprint density at radius 2 is 1.48 bits per heavy atom. The topological polar surface area (TPSA) is 98.8 Å². The van der Waals surface area contributed by atoms with E-state index in [1.165, 1.54) is 19.2 Å². The summed E-state index contributed by atoms with van der Waals surface area (Å²) in [5.41, 5.74) is 7.02. The molecule has 27 heavy (non-hydrogen) atoms. The zero-order valence-electron chi connectivity index (χ0n) is 14.4. The van der Waals surface area contributed by atoms with Crippen molar-refractivity contribution < 1.29 is 24.2 Å². The van der Waals surface area contributed by atoms with Crippen LogP contribution in [0, 0.1) is 0 Å². The van der Waals surface area contributed by atoms with Gasteiger partial charge in [0.15, 0.2) is 23.1 Å².